The summed E-state index contributed by atoms with van der Waals surface area (Å²) in [5.41, 5.74) is 2.44. The highest BCUT2D eigenvalue weighted by Gasteiger charge is 2.28. The molecule has 1 aliphatic carbocycles. The maximum atomic E-state index is 4.83. The lowest BCUT2D eigenvalue weighted by molar-refractivity contribution is 0.860. The van der Waals surface area contributed by atoms with Crippen molar-refractivity contribution >= 4 is 17.6 Å². The number of aromatic nitrogens is 2. The summed E-state index contributed by atoms with van der Waals surface area (Å²) in [6.07, 6.45) is 2.45. The zero-order chi connectivity index (χ0) is 14.8. The topological polar surface area (TPSA) is 37.8 Å². The normalized spacial score (nSPS) is 14.2. The molecular formula is C17H21N3S. The lowest BCUT2D eigenvalue weighted by Gasteiger charge is -2.13. The predicted octanol–water partition coefficient (Wildman–Crippen LogP) is 4.55. The number of anilines is 1. The molecule has 1 fully saturated rings. The minimum Gasteiger partial charge on any atom is -0.370 e. The molecule has 1 N–H and O–H groups in total. The van der Waals surface area contributed by atoms with Crippen LogP contribution >= 0.6 is 11.8 Å². The van der Waals surface area contributed by atoms with Gasteiger partial charge in [-0.1, -0.05) is 30.0 Å². The third-order valence-corrected chi connectivity index (χ3v) is 4.97. The number of rotatable bonds is 5. The van der Waals surface area contributed by atoms with Crippen molar-refractivity contribution in [1.82, 2.24) is 9.97 Å². The van der Waals surface area contributed by atoms with E-state index in [1.165, 1.54) is 23.3 Å². The Morgan fingerprint density at radius 2 is 1.95 bits per heavy atom. The van der Waals surface area contributed by atoms with E-state index in [0.29, 0.717) is 5.92 Å². The van der Waals surface area contributed by atoms with Gasteiger partial charge < -0.3 is 5.32 Å². The van der Waals surface area contributed by atoms with Gasteiger partial charge in [0.05, 0.1) is 0 Å². The molecule has 0 amide bonds. The summed E-state index contributed by atoms with van der Waals surface area (Å²) in [5, 5.41) is 4.46. The van der Waals surface area contributed by atoms with Crippen molar-refractivity contribution in [3.8, 4) is 0 Å². The standard InChI is InChI=1S/C17H21N3S/c1-4-18-15-12(3)17(20-16(19-15)13-9-10-13)21-14-8-6-5-7-11(14)2/h5-8,13H,4,9-10H2,1-3H3,(H,18,19,20). The van der Waals surface area contributed by atoms with Crippen LogP contribution < -0.4 is 5.32 Å². The monoisotopic (exact) mass is 299 g/mol. The predicted molar refractivity (Wildman–Crippen MR) is 88.2 cm³/mol. The van der Waals surface area contributed by atoms with Crippen LogP contribution in [0.1, 0.15) is 42.6 Å². The average molecular weight is 299 g/mol. The smallest absolute Gasteiger partial charge is 0.135 e. The lowest BCUT2D eigenvalue weighted by Crippen LogP contribution is -2.07. The van der Waals surface area contributed by atoms with Gasteiger partial charge in [0.15, 0.2) is 0 Å². The van der Waals surface area contributed by atoms with Gasteiger partial charge in [0.1, 0.15) is 16.7 Å². The molecular weight excluding hydrogens is 278 g/mol. The Labute approximate surface area is 130 Å². The fourth-order valence-electron chi connectivity index (χ4n) is 2.25. The molecule has 1 aliphatic rings. The van der Waals surface area contributed by atoms with Gasteiger partial charge in [-0.25, -0.2) is 9.97 Å². The Morgan fingerprint density at radius 3 is 2.62 bits per heavy atom. The minimum absolute atomic E-state index is 0.569. The Bertz CT molecular complexity index is 650. The van der Waals surface area contributed by atoms with Gasteiger partial charge in [-0.15, -0.1) is 0 Å². The van der Waals surface area contributed by atoms with Crippen LogP contribution in [0, 0.1) is 13.8 Å². The largest absolute Gasteiger partial charge is 0.370 e. The number of aryl methyl sites for hydroxylation is 1. The summed E-state index contributed by atoms with van der Waals surface area (Å²) in [5.74, 6) is 2.57. The zero-order valence-electron chi connectivity index (χ0n) is 12.8. The number of hydrogen-bond donors (Lipinski definition) is 1. The van der Waals surface area contributed by atoms with Crippen molar-refractivity contribution in [3.05, 3.63) is 41.2 Å². The molecule has 110 valence electrons. The summed E-state index contributed by atoms with van der Waals surface area (Å²) >= 11 is 1.75. The second-order valence-corrected chi connectivity index (χ2v) is 6.56. The number of benzene rings is 1. The first-order valence-electron chi connectivity index (χ1n) is 7.55. The van der Waals surface area contributed by atoms with Crippen molar-refractivity contribution < 1.29 is 0 Å². The highest BCUT2D eigenvalue weighted by atomic mass is 32.2. The molecule has 1 aromatic carbocycles. The molecule has 1 heterocycles. The first kappa shape index (κ1) is 14.4. The maximum Gasteiger partial charge on any atom is 0.135 e. The van der Waals surface area contributed by atoms with Crippen molar-refractivity contribution in [2.45, 2.75) is 49.5 Å². The van der Waals surface area contributed by atoms with Crippen LogP contribution in [-0.2, 0) is 0 Å². The summed E-state index contributed by atoms with van der Waals surface area (Å²) in [6, 6.07) is 8.46. The van der Waals surface area contributed by atoms with E-state index in [1.807, 2.05) is 0 Å². The zero-order valence-corrected chi connectivity index (χ0v) is 13.6. The van der Waals surface area contributed by atoms with E-state index in [9.17, 15) is 0 Å². The van der Waals surface area contributed by atoms with E-state index in [1.54, 1.807) is 11.8 Å². The van der Waals surface area contributed by atoms with Crippen LogP contribution in [0.5, 0.6) is 0 Å². The van der Waals surface area contributed by atoms with Crippen LogP contribution in [-0.4, -0.2) is 16.5 Å². The molecule has 3 rings (SSSR count). The highest BCUT2D eigenvalue weighted by Crippen LogP contribution is 2.41. The van der Waals surface area contributed by atoms with E-state index in [4.69, 9.17) is 9.97 Å². The molecule has 0 bridgehead atoms. The third-order valence-electron chi connectivity index (χ3n) is 3.71. The van der Waals surface area contributed by atoms with Gasteiger partial charge >= 0.3 is 0 Å². The summed E-state index contributed by atoms with van der Waals surface area (Å²) < 4.78 is 0. The number of hydrogen-bond acceptors (Lipinski definition) is 4. The van der Waals surface area contributed by atoms with Crippen LogP contribution in [0.3, 0.4) is 0 Å². The van der Waals surface area contributed by atoms with Crippen molar-refractivity contribution in [2.75, 3.05) is 11.9 Å². The van der Waals surface area contributed by atoms with Crippen molar-refractivity contribution in [2.24, 2.45) is 0 Å². The van der Waals surface area contributed by atoms with Crippen LogP contribution in [0.25, 0.3) is 0 Å². The summed E-state index contributed by atoms with van der Waals surface area (Å²) in [7, 11) is 0. The van der Waals surface area contributed by atoms with Gasteiger partial charge in [0.25, 0.3) is 0 Å². The quantitative estimate of drug-likeness (QED) is 0.822. The molecule has 1 saturated carbocycles. The Morgan fingerprint density at radius 1 is 1.19 bits per heavy atom. The molecule has 0 unspecified atom stereocenters. The van der Waals surface area contributed by atoms with Gasteiger partial charge in [-0.2, -0.15) is 0 Å². The van der Waals surface area contributed by atoms with Crippen molar-refractivity contribution in [1.29, 1.82) is 0 Å². The van der Waals surface area contributed by atoms with E-state index in [2.05, 4.69) is 50.4 Å². The van der Waals surface area contributed by atoms with Gasteiger partial charge in [0, 0.05) is 22.9 Å². The van der Waals surface area contributed by atoms with Crippen LogP contribution in [0.2, 0.25) is 0 Å². The number of nitrogens with zero attached hydrogens (tertiary/aromatic N) is 2. The third kappa shape index (κ3) is 3.21. The summed E-state index contributed by atoms with van der Waals surface area (Å²) in [4.78, 5) is 10.8. The fourth-order valence-corrected chi connectivity index (χ4v) is 3.22. The van der Waals surface area contributed by atoms with E-state index >= 15 is 0 Å². The molecule has 0 spiro atoms. The molecule has 0 atom stereocenters. The van der Waals surface area contributed by atoms with Crippen molar-refractivity contribution in [3.63, 3.8) is 0 Å². The molecule has 0 saturated heterocycles. The van der Waals surface area contributed by atoms with Gasteiger partial charge in [-0.05, 0) is 45.2 Å². The Hall–Kier alpha value is -1.55. The molecule has 1 aromatic heterocycles. The van der Waals surface area contributed by atoms with E-state index in [0.717, 1.165) is 28.8 Å². The van der Waals surface area contributed by atoms with Gasteiger partial charge in [-0.3, -0.25) is 0 Å². The lowest BCUT2D eigenvalue weighted by atomic mass is 10.2. The van der Waals surface area contributed by atoms with Gasteiger partial charge in [0.2, 0.25) is 0 Å². The first-order valence-corrected chi connectivity index (χ1v) is 8.36. The second-order valence-electron chi connectivity index (χ2n) is 5.53. The molecule has 21 heavy (non-hydrogen) atoms. The summed E-state index contributed by atoms with van der Waals surface area (Å²) in [6.45, 7) is 7.24. The van der Waals surface area contributed by atoms with Crippen LogP contribution in [0.4, 0.5) is 5.82 Å². The number of nitrogens with one attached hydrogen (secondary N) is 1. The molecule has 0 radical (unpaired) electrons. The Kier molecular flexibility index (Phi) is 4.15. The second kappa shape index (κ2) is 6.06. The first-order chi connectivity index (χ1) is 10.2. The Balaban J connectivity index is 1.98. The maximum absolute atomic E-state index is 4.83. The van der Waals surface area contributed by atoms with E-state index < -0.39 is 0 Å². The average Bonchev–Trinajstić information content (AvgIpc) is 3.30. The minimum atomic E-state index is 0.569. The molecule has 2 aromatic rings. The fraction of sp³-hybridized carbons (Fsp3) is 0.412. The van der Waals surface area contributed by atoms with E-state index in [-0.39, 0.29) is 0 Å². The van der Waals surface area contributed by atoms with Crippen LogP contribution in [0.15, 0.2) is 34.2 Å². The molecule has 4 heteroatoms. The molecule has 0 aliphatic heterocycles. The highest BCUT2D eigenvalue weighted by molar-refractivity contribution is 7.99. The molecule has 3 nitrogen and oxygen atoms in total. The SMILES string of the molecule is CCNc1nc(C2CC2)nc(Sc2ccccc2C)c1C.